The molecule has 1 rings (SSSR count). The summed E-state index contributed by atoms with van der Waals surface area (Å²) in [7, 11) is 0. The Balaban J connectivity index is 2.35. The molecule has 1 nitrogen and oxygen atoms in total. The molecule has 0 aliphatic carbocycles. The highest BCUT2D eigenvalue weighted by molar-refractivity contribution is 4.71. The van der Waals surface area contributed by atoms with Crippen molar-refractivity contribution in [2.75, 3.05) is 0 Å². The van der Waals surface area contributed by atoms with Crippen LogP contribution in [0.1, 0.15) is 40.0 Å². The van der Waals surface area contributed by atoms with Gasteiger partial charge in [0.05, 0.1) is 12.2 Å². The molecule has 1 saturated heterocycles. The Labute approximate surface area is 63.8 Å². The highest BCUT2D eigenvalue weighted by Crippen LogP contribution is 2.25. The molecule has 0 saturated carbocycles. The lowest BCUT2D eigenvalue weighted by Crippen LogP contribution is -2.29. The molecule has 0 bridgehead atoms. The molecular weight excluding hydrogens is 124 g/mol. The molecule has 1 aliphatic heterocycles. The molecule has 0 N–H and O–H groups in total. The second-order valence-corrected chi connectivity index (χ2v) is 3.55. The van der Waals surface area contributed by atoms with E-state index in [0.717, 1.165) is 5.92 Å². The van der Waals surface area contributed by atoms with Crippen LogP contribution in [-0.4, -0.2) is 12.2 Å². The van der Waals surface area contributed by atoms with E-state index in [1.165, 1.54) is 19.3 Å². The largest absolute Gasteiger partial charge is 0.375 e. The maximum absolute atomic E-state index is 5.71. The Morgan fingerprint density at radius 3 is 2.50 bits per heavy atom. The molecular formula is C9H18O. The smallest absolute Gasteiger partial charge is 0.0578 e. The van der Waals surface area contributed by atoms with Crippen molar-refractivity contribution < 1.29 is 4.74 Å². The summed E-state index contributed by atoms with van der Waals surface area (Å²) >= 11 is 0. The second kappa shape index (κ2) is 3.38. The zero-order valence-corrected chi connectivity index (χ0v) is 7.26. The SMILES string of the molecule is CCC1CC(C)CC(C)O1. The molecule has 60 valence electrons. The van der Waals surface area contributed by atoms with E-state index in [1.807, 2.05) is 0 Å². The van der Waals surface area contributed by atoms with E-state index < -0.39 is 0 Å². The van der Waals surface area contributed by atoms with E-state index in [4.69, 9.17) is 4.74 Å². The van der Waals surface area contributed by atoms with Gasteiger partial charge < -0.3 is 4.74 Å². The van der Waals surface area contributed by atoms with Gasteiger partial charge in [0.1, 0.15) is 0 Å². The summed E-state index contributed by atoms with van der Waals surface area (Å²) in [6.45, 7) is 6.70. The monoisotopic (exact) mass is 142 g/mol. The first kappa shape index (κ1) is 8.06. The predicted molar refractivity (Wildman–Crippen MR) is 43.0 cm³/mol. The number of hydrogen-bond acceptors (Lipinski definition) is 1. The third-order valence-corrected chi connectivity index (χ3v) is 2.28. The Morgan fingerprint density at radius 1 is 1.30 bits per heavy atom. The zero-order valence-electron chi connectivity index (χ0n) is 7.26. The third-order valence-electron chi connectivity index (χ3n) is 2.28. The Hall–Kier alpha value is -0.0400. The maximum atomic E-state index is 5.71. The molecule has 3 atom stereocenters. The molecule has 0 amide bonds. The second-order valence-electron chi connectivity index (χ2n) is 3.55. The third kappa shape index (κ3) is 1.98. The zero-order chi connectivity index (χ0) is 7.56. The van der Waals surface area contributed by atoms with Crippen LogP contribution in [0.25, 0.3) is 0 Å². The van der Waals surface area contributed by atoms with Gasteiger partial charge in [-0.15, -0.1) is 0 Å². The van der Waals surface area contributed by atoms with Crippen molar-refractivity contribution in [2.24, 2.45) is 5.92 Å². The summed E-state index contributed by atoms with van der Waals surface area (Å²) in [6.07, 6.45) is 4.72. The van der Waals surface area contributed by atoms with Crippen LogP contribution in [0.4, 0.5) is 0 Å². The van der Waals surface area contributed by atoms with E-state index in [0.29, 0.717) is 12.2 Å². The van der Waals surface area contributed by atoms with Gasteiger partial charge in [0.2, 0.25) is 0 Å². The van der Waals surface area contributed by atoms with E-state index in [2.05, 4.69) is 20.8 Å². The molecule has 0 radical (unpaired) electrons. The van der Waals surface area contributed by atoms with Crippen LogP contribution in [0, 0.1) is 5.92 Å². The fourth-order valence-corrected chi connectivity index (χ4v) is 1.81. The Bertz CT molecular complexity index is 90.9. The number of hydrogen-bond donors (Lipinski definition) is 0. The lowest BCUT2D eigenvalue weighted by atomic mass is 9.93. The summed E-state index contributed by atoms with van der Waals surface area (Å²) in [4.78, 5) is 0. The van der Waals surface area contributed by atoms with Gasteiger partial charge in [0.25, 0.3) is 0 Å². The summed E-state index contributed by atoms with van der Waals surface area (Å²) in [5, 5.41) is 0. The van der Waals surface area contributed by atoms with Crippen molar-refractivity contribution >= 4 is 0 Å². The normalized spacial score (nSPS) is 41.7. The minimum absolute atomic E-state index is 0.494. The van der Waals surface area contributed by atoms with Gasteiger partial charge in [-0.25, -0.2) is 0 Å². The molecule has 1 heteroatoms. The standard InChI is InChI=1S/C9H18O/c1-4-9-6-7(2)5-8(3)10-9/h7-9H,4-6H2,1-3H3. The summed E-state index contributed by atoms with van der Waals surface area (Å²) < 4.78 is 5.71. The fourth-order valence-electron chi connectivity index (χ4n) is 1.81. The number of rotatable bonds is 1. The average molecular weight is 142 g/mol. The van der Waals surface area contributed by atoms with Crippen LogP contribution < -0.4 is 0 Å². The molecule has 0 aromatic rings. The lowest BCUT2D eigenvalue weighted by molar-refractivity contribution is -0.0594. The van der Waals surface area contributed by atoms with Crippen LogP contribution in [0.2, 0.25) is 0 Å². The highest BCUT2D eigenvalue weighted by atomic mass is 16.5. The van der Waals surface area contributed by atoms with E-state index >= 15 is 0 Å². The van der Waals surface area contributed by atoms with Crippen LogP contribution in [0.3, 0.4) is 0 Å². The van der Waals surface area contributed by atoms with Crippen molar-refractivity contribution in [3.8, 4) is 0 Å². The first-order valence-corrected chi connectivity index (χ1v) is 4.37. The van der Waals surface area contributed by atoms with Gasteiger partial charge >= 0.3 is 0 Å². The van der Waals surface area contributed by atoms with E-state index in [-0.39, 0.29) is 0 Å². The molecule has 0 aromatic heterocycles. The van der Waals surface area contributed by atoms with E-state index in [1.54, 1.807) is 0 Å². The first-order chi connectivity index (χ1) is 4.72. The van der Waals surface area contributed by atoms with Crippen LogP contribution in [0.15, 0.2) is 0 Å². The summed E-state index contributed by atoms with van der Waals surface area (Å²) in [6, 6.07) is 0. The Morgan fingerprint density at radius 2 is 2.00 bits per heavy atom. The Kier molecular flexibility index (Phi) is 2.72. The topological polar surface area (TPSA) is 9.23 Å². The molecule has 1 heterocycles. The van der Waals surface area contributed by atoms with Crippen LogP contribution in [-0.2, 0) is 4.74 Å². The minimum atomic E-state index is 0.494. The quantitative estimate of drug-likeness (QED) is 0.547. The van der Waals surface area contributed by atoms with Gasteiger partial charge in [-0.05, 0) is 32.1 Å². The highest BCUT2D eigenvalue weighted by Gasteiger charge is 2.22. The van der Waals surface area contributed by atoms with E-state index in [9.17, 15) is 0 Å². The molecule has 0 aromatic carbocycles. The van der Waals surface area contributed by atoms with Gasteiger partial charge in [0, 0.05) is 0 Å². The molecule has 0 spiro atoms. The fraction of sp³-hybridized carbons (Fsp3) is 1.00. The first-order valence-electron chi connectivity index (χ1n) is 4.37. The number of ether oxygens (including phenoxy) is 1. The summed E-state index contributed by atoms with van der Waals surface area (Å²) in [5.41, 5.74) is 0. The minimum Gasteiger partial charge on any atom is -0.375 e. The van der Waals surface area contributed by atoms with Crippen molar-refractivity contribution in [3.63, 3.8) is 0 Å². The van der Waals surface area contributed by atoms with Crippen molar-refractivity contribution in [1.82, 2.24) is 0 Å². The van der Waals surface area contributed by atoms with Gasteiger partial charge in [0.15, 0.2) is 0 Å². The van der Waals surface area contributed by atoms with Crippen LogP contribution in [0.5, 0.6) is 0 Å². The van der Waals surface area contributed by atoms with Crippen molar-refractivity contribution in [1.29, 1.82) is 0 Å². The molecule has 1 aliphatic rings. The van der Waals surface area contributed by atoms with Gasteiger partial charge in [-0.3, -0.25) is 0 Å². The predicted octanol–water partition coefficient (Wildman–Crippen LogP) is 2.60. The van der Waals surface area contributed by atoms with Crippen molar-refractivity contribution in [3.05, 3.63) is 0 Å². The summed E-state index contributed by atoms with van der Waals surface area (Å²) in [5.74, 6) is 0.869. The molecule has 10 heavy (non-hydrogen) atoms. The van der Waals surface area contributed by atoms with Crippen molar-refractivity contribution in [2.45, 2.75) is 52.2 Å². The van der Waals surface area contributed by atoms with Crippen LogP contribution >= 0.6 is 0 Å². The lowest BCUT2D eigenvalue weighted by Gasteiger charge is -2.31. The average Bonchev–Trinajstić information content (AvgIpc) is 1.85. The maximum Gasteiger partial charge on any atom is 0.0578 e. The van der Waals surface area contributed by atoms with Gasteiger partial charge in [-0.2, -0.15) is 0 Å². The van der Waals surface area contributed by atoms with Gasteiger partial charge in [-0.1, -0.05) is 13.8 Å². The molecule has 1 fully saturated rings. The molecule has 3 unspecified atom stereocenters.